The monoisotopic (exact) mass is 2010 g/mol. The zero-order valence-electron chi connectivity index (χ0n) is 81.8. The van der Waals surface area contributed by atoms with Gasteiger partial charge in [0.2, 0.25) is 88.6 Å². The van der Waals surface area contributed by atoms with E-state index in [1.54, 1.807) is 49.5 Å². The number of hydrogen-bond donors (Lipinski definition) is 23. The van der Waals surface area contributed by atoms with Crippen LogP contribution in [0.2, 0.25) is 0 Å². The Hall–Kier alpha value is -13.0. The second kappa shape index (κ2) is 66.7. The summed E-state index contributed by atoms with van der Waals surface area (Å²) in [7, 11) is 0. The van der Waals surface area contributed by atoms with Crippen LogP contribution in [0.25, 0.3) is 10.9 Å². The molecule has 0 aliphatic carbocycles. The predicted molar refractivity (Wildman–Crippen MR) is 520 cm³/mol. The second-order valence-corrected chi connectivity index (χ2v) is 35.5. The molecule has 5 heterocycles. The average Bonchev–Trinajstić information content (AvgIpc) is 1.67. The number of carbonyl (C=O) groups excluding carboxylic acids is 16. The normalized spacial score (nSPS) is 18.4. The van der Waals surface area contributed by atoms with E-state index in [4.69, 9.17) is 35.8 Å². The van der Waals surface area contributed by atoms with E-state index in [-0.39, 0.29) is 141 Å². The first-order chi connectivity index (χ1) is 69.0. The second-order valence-electron chi connectivity index (χ2n) is 35.5. The van der Waals surface area contributed by atoms with Crippen LogP contribution in [0.5, 0.6) is 0 Å². The lowest BCUT2D eigenvalue weighted by atomic mass is 10.0. The number of Topliss-reactive ketones (excluding diaryl/α,β-unsaturated/α-hetero) is 1. The van der Waals surface area contributed by atoms with Crippen LogP contribution in [0.4, 0.5) is 0 Å². The average molecular weight is 2010 g/mol. The number of guanidine groups is 1. The molecule has 2 aliphatic heterocycles. The Bertz CT molecular complexity index is 4780. The number of aliphatic hydroxyl groups is 3. The number of tetrazole rings is 1. The molecule has 0 radical (unpaired) electrons. The number of unbranched alkanes of at least 4 members (excludes halogenated alkanes) is 13. The summed E-state index contributed by atoms with van der Waals surface area (Å²) in [6.07, 6.45) is 17.6. The number of nitrogens with one attached hydrogen (secondary N) is 18. The third kappa shape index (κ3) is 45.4. The fraction of sp³-hybridized carbons (Fsp3) is 0.632. The summed E-state index contributed by atoms with van der Waals surface area (Å²) in [6.45, 7) is 0.559. The number of aromatic nitrogens is 7. The summed E-state index contributed by atoms with van der Waals surface area (Å²) in [4.78, 5) is 235. The molecule has 0 unspecified atom stereocenters. The van der Waals surface area contributed by atoms with Crippen molar-refractivity contribution in [1.82, 2.24) is 115 Å². The van der Waals surface area contributed by atoms with Gasteiger partial charge in [-0.1, -0.05) is 139 Å². The summed E-state index contributed by atoms with van der Waals surface area (Å²) in [5, 5.41) is 91.4. The van der Waals surface area contributed by atoms with Crippen molar-refractivity contribution < 1.29 is 111 Å². The van der Waals surface area contributed by atoms with E-state index in [1.807, 2.05) is 18.2 Å². The van der Waals surface area contributed by atoms with E-state index in [0.29, 0.717) is 30.5 Å². The molecule has 143 heavy (non-hydrogen) atoms. The summed E-state index contributed by atoms with van der Waals surface area (Å²) >= 11 is 0. The molecule has 3 aromatic heterocycles. The summed E-state index contributed by atoms with van der Waals surface area (Å²) in [5.74, 6) is -12.9. The highest BCUT2D eigenvalue weighted by Gasteiger charge is 2.44. The Morgan fingerprint density at radius 1 is 0.566 bits per heavy atom. The lowest BCUT2D eigenvalue weighted by Crippen LogP contribution is -2.61. The Morgan fingerprint density at radius 3 is 1.78 bits per heavy atom. The van der Waals surface area contributed by atoms with Crippen molar-refractivity contribution in [3.63, 3.8) is 0 Å². The maximum Gasteiger partial charge on any atom is 0.246 e. The molecule has 2 saturated heterocycles. The zero-order valence-corrected chi connectivity index (χ0v) is 81.8. The van der Waals surface area contributed by atoms with E-state index in [1.165, 1.54) is 77.2 Å². The number of primary amides is 1. The number of nitrogens with zero attached hydrogens (tertiary/aromatic N) is 5. The van der Waals surface area contributed by atoms with E-state index >= 15 is 19.2 Å². The highest BCUT2D eigenvalue weighted by Crippen LogP contribution is 2.25. The van der Waals surface area contributed by atoms with Gasteiger partial charge in [-0.15, -0.1) is 5.10 Å². The van der Waals surface area contributed by atoms with Crippen molar-refractivity contribution in [2.75, 3.05) is 98.8 Å². The van der Waals surface area contributed by atoms with Gasteiger partial charge in [0.25, 0.3) is 0 Å². The number of carbonyl (C=O) groups is 16. The maximum absolute atomic E-state index is 15.4. The van der Waals surface area contributed by atoms with Crippen molar-refractivity contribution in [2.24, 2.45) is 11.5 Å². The maximum atomic E-state index is 15.4. The van der Waals surface area contributed by atoms with E-state index in [9.17, 15) is 72.9 Å². The molecule has 0 saturated carbocycles. The number of aromatic amines is 3. The fourth-order valence-corrected chi connectivity index (χ4v) is 16.2. The van der Waals surface area contributed by atoms with Crippen LogP contribution in [0, 0.1) is 5.41 Å². The Labute approximate surface area is 830 Å². The van der Waals surface area contributed by atoms with Gasteiger partial charge in [0.1, 0.15) is 79.5 Å². The van der Waals surface area contributed by atoms with Gasteiger partial charge in [-0.3, -0.25) is 82.1 Å². The van der Waals surface area contributed by atoms with Crippen molar-refractivity contribution >= 4 is 111 Å². The number of para-hydroxylation sites is 1. The highest BCUT2D eigenvalue weighted by molar-refractivity contribution is 6.00. The highest BCUT2D eigenvalue weighted by atomic mass is 16.5. The number of H-pyrrole nitrogens is 3. The van der Waals surface area contributed by atoms with Gasteiger partial charge in [0.05, 0.1) is 77.0 Å². The van der Waals surface area contributed by atoms with Crippen LogP contribution in [0.15, 0.2) is 73.3 Å². The van der Waals surface area contributed by atoms with Crippen molar-refractivity contribution in [2.45, 2.75) is 285 Å². The Morgan fingerprint density at radius 2 is 1.14 bits per heavy atom. The number of imidazole rings is 1. The Balaban J connectivity index is 0.903. The van der Waals surface area contributed by atoms with Gasteiger partial charge in [0.15, 0.2) is 11.7 Å². The molecule has 2 fully saturated rings. The minimum Gasteiger partial charge on any atom is -0.394 e. The number of benzene rings is 2. The quantitative estimate of drug-likeness (QED) is 0.0110. The van der Waals surface area contributed by atoms with Crippen molar-refractivity contribution in [3.05, 3.63) is 96.0 Å². The first kappa shape index (κ1) is 117. The van der Waals surface area contributed by atoms with Crippen LogP contribution in [0.3, 0.4) is 0 Å². The largest absolute Gasteiger partial charge is 0.394 e. The van der Waals surface area contributed by atoms with E-state index in [2.05, 4.69) is 110 Å². The van der Waals surface area contributed by atoms with Crippen LogP contribution in [0.1, 0.15) is 210 Å². The molecular formula is C95H147N25O23. The number of rotatable bonds is 62. The van der Waals surface area contributed by atoms with Crippen LogP contribution >= 0.6 is 0 Å². The molecule has 0 bridgehead atoms. The minimum absolute atomic E-state index is 0.0184. The molecule has 0 spiro atoms. The molecule has 12 atom stereocenters. The third-order valence-electron chi connectivity index (χ3n) is 24.1. The number of aryl methyl sites for hydroxylation is 1. The molecule has 25 N–H and O–H groups in total. The molecule has 2 aromatic carbocycles. The van der Waals surface area contributed by atoms with E-state index in [0.717, 1.165) is 53.7 Å². The standard InChI is InChI=1S/C95H147N25O23/c1-3-4-29-69(85(130)111-72-36-38-82(127)100-39-24-23-30-67(61(2)123)107-89(134)74(50-63-53-104-68-31-22-21-28-66(63)68)112-86(131)70(32-25-40-103-95(97)98)109-88(133)73(49-62-26-17-16-18-27-62)114-93(138)78-52-65(124)55-120(78)94(72)139)108-90(135)75(51-64-54-99-60-105-64)113-92(137)77(57-122)115-87(132)71(35-37-79(96)125)110-91(136)76(56-121)106-84(129)59-143-48-46-141-44-42-102-83(128)58-142-47-45-140-43-41-101-81(126)34-20-15-13-11-9-7-5-6-8-10-12-14-19-33-80-116-118-119-117-80/h16-18,21-22,26-28,31,53-54,60,65,67,69-78,104,121-122,124H,3-15,19-20,23-25,29-30,32-52,55-59H2,1-2H3,(H2,96,125)(H,99,105)(H,100,127)(H,101,126)(H,102,128)(H,106,129)(H,107,134)(H,108,135)(H,109,133)(H,110,136)(H,111,130)(H,112,131)(H,113,137)(H,114,138)(H,115,132)(H4,97,98,103)(H,116,117,118,119)/t65-,67+,69+,70+,71-,72+,73-,74+,75+,76+,77+,78+/m1/s1. The number of ether oxygens (including phenoxy) is 4. The molecule has 790 valence electrons. The fourth-order valence-electron chi connectivity index (χ4n) is 16.2. The van der Waals surface area contributed by atoms with Crippen LogP contribution in [-0.4, -0.2) is 328 Å². The number of hydrogen-bond acceptors (Lipinski definition) is 28. The van der Waals surface area contributed by atoms with Gasteiger partial charge in [-0.2, -0.15) is 0 Å². The number of fused-ring (bicyclic) bond motifs is 2. The van der Waals surface area contributed by atoms with Crippen LogP contribution < -0.4 is 85.9 Å². The van der Waals surface area contributed by atoms with Gasteiger partial charge >= 0.3 is 0 Å². The zero-order chi connectivity index (χ0) is 103. The molecule has 7 rings (SSSR count). The molecule has 5 aromatic rings. The number of amides is 15. The molecule has 15 amide bonds. The van der Waals surface area contributed by atoms with Gasteiger partial charge in [0, 0.05) is 107 Å². The lowest BCUT2D eigenvalue weighted by molar-refractivity contribution is -0.143. The number of aliphatic hydroxyl groups excluding tert-OH is 3. The van der Waals surface area contributed by atoms with Crippen molar-refractivity contribution in [3.8, 4) is 0 Å². The smallest absolute Gasteiger partial charge is 0.246 e. The molecule has 48 nitrogen and oxygen atoms in total. The predicted octanol–water partition coefficient (Wildman–Crippen LogP) is -2.38. The van der Waals surface area contributed by atoms with E-state index < -0.39 is 226 Å². The number of ketones is 1. The minimum atomic E-state index is -1.93. The number of nitrogens with two attached hydrogens (primary N) is 2. The summed E-state index contributed by atoms with van der Waals surface area (Å²) in [6, 6.07) is -1.64. The molecular weight excluding hydrogens is 1860 g/mol. The van der Waals surface area contributed by atoms with Gasteiger partial charge < -0.3 is 135 Å². The first-order valence-electron chi connectivity index (χ1n) is 49.5. The SMILES string of the molecule is CCCC[C@H](NC(=O)[C@H](Cc1c[nH]cn1)NC(=O)[C@H](CO)NC(=O)[C@@H](CCC(N)=O)NC(=O)[C@H](CO)NC(=O)COCCOCCNC(=O)COCCOCCNC(=O)CCCCCCCCCCCCCCCc1nnn[nH]1)C(=O)N[C@H]1CCC(=O)NCCCC[C@@H](C(C)=O)NC(=O)[C@H](Cc2c[nH]c3ccccc23)NC(=O)[C@H](CCCNC(=N)N)NC(=O)[C@@H](Cc2ccccc2)NC(=O)[C@@H]2C[C@@H](O)CN2C1=O. The Kier molecular flexibility index (Phi) is 54.5. The third-order valence-corrected chi connectivity index (χ3v) is 24.1. The summed E-state index contributed by atoms with van der Waals surface area (Å²) in [5.41, 5.74) is 13.1. The molecule has 2 aliphatic rings. The summed E-state index contributed by atoms with van der Waals surface area (Å²) < 4.78 is 21.7. The first-order valence-corrected chi connectivity index (χ1v) is 49.5. The lowest BCUT2D eigenvalue weighted by Gasteiger charge is -2.31. The van der Waals surface area contributed by atoms with Crippen molar-refractivity contribution in [1.29, 1.82) is 5.41 Å². The van der Waals surface area contributed by atoms with Crippen LogP contribution in [-0.2, 0) is 121 Å². The van der Waals surface area contributed by atoms with Gasteiger partial charge in [-0.25, -0.2) is 10.1 Å². The van der Waals surface area contributed by atoms with Gasteiger partial charge in [-0.05, 0) is 98.8 Å². The molecule has 48 heteroatoms. The topological polar surface area (TPSA) is 717 Å².